The maximum Gasteiger partial charge on any atom is 0.266 e. The molecular weight excluding hydrogens is 428 g/mol. The van der Waals surface area contributed by atoms with Gasteiger partial charge in [0.05, 0.1) is 27.2 Å². The molecule has 0 atom stereocenters. The van der Waals surface area contributed by atoms with Crippen LogP contribution in [0, 0.1) is 13.8 Å². The van der Waals surface area contributed by atoms with Crippen molar-refractivity contribution in [2.45, 2.75) is 40.0 Å². The highest BCUT2D eigenvalue weighted by Crippen LogP contribution is 2.23. The van der Waals surface area contributed by atoms with E-state index in [4.69, 9.17) is 0 Å². The Morgan fingerprint density at radius 1 is 0.706 bits per heavy atom. The fraction of sp³-hybridized carbons (Fsp3) is 0.214. The lowest BCUT2D eigenvalue weighted by Gasteiger charge is -2.12. The van der Waals surface area contributed by atoms with E-state index in [1.165, 1.54) is 28.8 Å². The summed E-state index contributed by atoms with van der Waals surface area (Å²) in [5, 5.41) is 0.519. The first-order valence-electron chi connectivity index (χ1n) is 11.3. The number of hydrogen-bond acceptors (Lipinski definition) is 4. The van der Waals surface area contributed by atoms with Crippen molar-refractivity contribution in [2.75, 3.05) is 0 Å². The lowest BCUT2D eigenvalue weighted by Crippen LogP contribution is -2.24. The van der Waals surface area contributed by atoms with Gasteiger partial charge >= 0.3 is 0 Å². The Bertz CT molecular complexity index is 1740. The highest BCUT2D eigenvalue weighted by atomic mass is 16.2. The van der Waals surface area contributed by atoms with Crippen LogP contribution in [0.1, 0.15) is 47.6 Å². The van der Waals surface area contributed by atoms with Crippen LogP contribution in [0.3, 0.4) is 0 Å². The molecule has 0 bridgehead atoms. The highest BCUT2D eigenvalue weighted by molar-refractivity contribution is 5.98. The van der Waals surface area contributed by atoms with Crippen molar-refractivity contribution in [3.8, 4) is 5.69 Å². The molecule has 0 unspecified atom stereocenters. The fourth-order valence-corrected chi connectivity index (χ4v) is 4.93. The first-order chi connectivity index (χ1) is 16.2. The normalized spacial score (nSPS) is 11.8. The Balaban J connectivity index is 1.57. The van der Waals surface area contributed by atoms with Crippen LogP contribution in [0.5, 0.6) is 0 Å². The number of aromatic nitrogens is 2. The molecule has 5 rings (SSSR count). The predicted octanol–water partition coefficient (Wildman–Crippen LogP) is 3.76. The molecule has 0 aliphatic rings. The molecule has 3 aromatic carbocycles. The first-order valence-corrected chi connectivity index (χ1v) is 11.3. The smallest absolute Gasteiger partial charge is 0.266 e. The van der Waals surface area contributed by atoms with Gasteiger partial charge < -0.3 is 0 Å². The number of aryl methyl sites for hydroxylation is 2. The van der Waals surface area contributed by atoms with Gasteiger partial charge in [-0.2, -0.15) is 0 Å². The lowest BCUT2D eigenvalue weighted by atomic mass is 9.94. The molecule has 1 N–H and O–H groups in total. The number of hydrogen-bond donors (Lipinski definition) is 1. The molecule has 2 aromatic heterocycles. The first kappa shape index (κ1) is 21.8. The molecule has 0 saturated heterocycles. The number of H-pyrrole nitrogens is 1. The summed E-state index contributed by atoms with van der Waals surface area (Å²) >= 11 is 0. The molecule has 6 heteroatoms. The number of fused-ring (bicyclic) bond motifs is 2. The molecule has 0 aliphatic carbocycles. The van der Waals surface area contributed by atoms with Crippen LogP contribution in [-0.4, -0.2) is 9.55 Å². The number of rotatable bonds is 4. The summed E-state index contributed by atoms with van der Waals surface area (Å²) in [6.45, 7) is 8.36. The van der Waals surface area contributed by atoms with Crippen LogP contribution in [-0.2, 0) is 6.42 Å². The van der Waals surface area contributed by atoms with Gasteiger partial charge in [-0.05, 0) is 72.2 Å². The number of nitrogens with one attached hydrogen (secondary N) is 1. The van der Waals surface area contributed by atoms with Crippen molar-refractivity contribution in [3.05, 3.63) is 118 Å². The van der Waals surface area contributed by atoms with E-state index in [0.717, 1.165) is 22.1 Å². The van der Waals surface area contributed by atoms with E-state index in [-0.39, 0.29) is 21.5 Å². The summed E-state index contributed by atoms with van der Waals surface area (Å²) in [6.07, 6.45) is 0.742. The van der Waals surface area contributed by atoms with Crippen LogP contribution < -0.4 is 22.2 Å². The molecule has 0 spiro atoms. The van der Waals surface area contributed by atoms with Gasteiger partial charge in [0.25, 0.3) is 22.2 Å². The van der Waals surface area contributed by atoms with Crippen LogP contribution in [0.4, 0.5) is 0 Å². The monoisotopic (exact) mass is 452 g/mol. The van der Waals surface area contributed by atoms with Crippen molar-refractivity contribution in [1.82, 2.24) is 9.55 Å². The second kappa shape index (κ2) is 7.76. The van der Waals surface area contributed by atoms with Gasteiger partial charge in [-0.25, -0.2) is 4.57 Å². The van der Waals surface area contributed by atoms with Gasteiger partial charge in [-0.3, -0.25) is 24.2 Å². The van der Waals surface area contributed by atoms with Crippen molar-refractivity contribution < 1.29 is 0 Å². The van der Waals surface area contributed by atoms with E-state index in [1.807, 2.05) is 19.1 Å². The summed E-state index contributed by atoms with van der Waals surface area (Å²) in [4.78, 5) is 52.4. The summed E-state index contributed by atoms with van der Waals surface area (Å²) in [6, 6.07) is 14.9. The largest absolute Gasteiger partial charge is 0.288 e. The molecule has 0 aliphatic heterocycles. The molecule has 6 nitrogen and oxygen atoms in total. The zero-order valence-corrected chi connectivity index (χ0v) is 19.5. The second-order valence-electron chi connectivity index (χ2n) is 9.32. The predicted molar refractivity (Wildman–Crippen MR) is 135 cm³/mol. The third-order valence-electron chi connectivity index (χ3n) is 6.61. The van der Waals surface area contributed by atoms with Crippen molar-refractivity contribution >= 4 is 21.5 Å². The Kier molecular flexibility index (Phi) is 4.97. The van der Waals surface area contributed by atoms with Crippen LogP contribution in [0.15, 0.2) is 67.7 Å². The van der Waals surface area contributed by atoms with Crippen molar-refractivity contribution in [2.24, 2.45) is 0 Å². The van der Waals surface area contributed by atoms with Crippen LogP contribution >= 0.6 is 0 Å². The number of aromatic amines is 1. The van der Waals surface area contributed by atoms with E-state index in [9.17, 15) is 19.2 Å². The van der Waals surface area contributed by atoms with E-state index < -0.39 is 22.2 Å². The molecule has 0 saturated carbocycles. The highest BCUT2D eigenvalue weighted by Gasteiger charge is 2.19. The van der Waals surface area contributed by atoms with Gasteiger partial charge in [0.2, 0.25) is 0 Å². The maximum absolute atomic E-state index is 13.1. The Hall–Kier alpha value is -4.06. The second-order valence-corrected chi connectivity index (χ2v) is 9.32. The molecule has 34 heavy (non-hydrogen) atoms. The van der Waals surface area contributed by atoms with E-state index in [2.05, 4.69) is 44.0 Å². The summed E-state index contributed by atoms with van der Waals surface area (Å²) in [7, 11) is 0. The van der Waals surface area contributed by atoms with Gasteiger partial charge in [0, 0.05) is 0 Å². The molecule has 5 aromatic rings. The standard InChI is InChI=1S/C28H24N2O4/c1-14(2)19-7-5-17(9-15(19)3)11-18-6-8-24(16(4)10-18)30-27(33)22-12-20-21(13-23(22)28(30)34)26(32)29-25(20)31/h5-10,12-14H,11H2,1-4H3,(H,29,31,32). The van der Waals surface area contributed by atoms with Crippen molar-refractivity contribution in [1.29, 1.82) is 0 Å². The zero-order valence-electron chi connectivity index (χ0n) is 19.5. The van der Waals surface area contributed by atoms with E-state index in [1.54, 1.807) is 6.07 Å². The quantitative estimate of drug-likeness (QED) is 0.450. The van der Waals surface area contributed by atoms with Gasteiger partial charge in [-0.15, -0.1) is 0 Å². The minimum atomic E-state index is -0.557. The van der Waals surface area contributed by atoms with Gasteiger partial charge in [-0.1, -0.05) is 44.2 Å². The Morgan fingerprint density at radius 2 is 1.24 bits per heavy atom. The molecular formula is C28H24N2O4. The SMILES string of the molecule is Cc1cc(Cc2ccc(-n3c(=O)c4cc5c(=O)[nH]c(=O)c5cc4c3=O)c(C)c2)ccc1C(C)C. The third kappa shape index (κ3) is 3.34. The summed E-state index contributed by atoms with van der Waals surface area (Å²) in [5.74, 6) is 0.476. The van der Waals surface area contributed by atoms with E-state index in [0.29, 0.717) is 11.6 Å². The average molecular weight is 453 g/mol. The Morgan fingerprint density at radius 3 is 1.74 bits per heavy atom. The zero-order chi connectivity index (χ0) is 24.3. The molecule has 2 heterocycles. The minimum Gasteiger partial charge on any atom is -0.288 e. The molecule has 0 radical (unpaired) electrons. The van der Waals surface area contributed by atoms with Gasteiger partial charge in [0.1, 0.15) is 0 Å². The third-order valence-corrected chi connectivity index (χ3v) is 6.61. The number of nitrogens with zero attached hydrogens (tertiary/aromatic N) is 1. The molecule has 0 fully saturated rings. The lowest BCUT2D eigenvalue weighted by molar-refractivity contribution is 0.855. The minimum absolute atomic E-state index is 0.123. The Labute approximate surface area is 194 Å². The fourth-order valence-electron chi connectivity index (χ4n) is 4.93. The molecule has 170 valence electrons. The summed E-state index contributed by atoms with van der Waals surface area (Å²) < 4.78 is 1.13. The molecule has 0 amide bonds. The van der Waals surface area contributed by atoms with Crippen LogP contribution in [0.2, 0.25) is 0 Å². The maximum atomic E-state index is 13.1. The average Bonchev–Trinajstić information content (AvgIpc) is 3.19. The van der Waals surface area contributed by atoms with Crippen molar-refractivity contribution in [3.63, 3.8) is 0 Å². The van der Waals surface area contributed by atoms with E-state index >= 15 is 0 Å². The topological polar surface area (TPSA) is 89.0 Å². The van der Waals surface area contributed by atoms with Crippen LogP contribution in [0.25, 0.3) is 27.2 Å². The van der Waals surface area contributed by atoms with Gasteiger partial charge in [0.15, 0.2) is 0 Å². The number of benzene rings is 3. The summed E-state index contributed by atoms with van der Waals surface area (Å²) in [5.41, 5.74) is 4.08.